The van der Waals surface area contributed by atoms with Crippen molar-refractivity contribution in [3.05, 3.63) is 17.8 Å². The van der Waals surface area contributed by atoms with Crippen molar-refractivity contribution in [1.29, 1.82) is 0 Å². The van der Waals surface area contributed by atoms with E-state index in [0.29, 0.717) is 12.8 Å². The van der Waals surface area contributed by atoms with Gasteiger partial charge in [0.25, 0.3) is 0 Å². The van der Waals surface area contributed by atoms with Crippen molar-refractivity contribution in [1.82, 2.24) is 4.90 Å². The number of hydrogen-bond donors (Lipinski definition) is 0. The maximum Gasteiger partial charge on any atom is 1.00 e. The number of ether oxygens (including phenoxy) is 1. The second kappa shape index (κ2) is 7.82. The molecular formula is C12H15F3NO5RbS. The van der Waals surface area contributed by atoms with Crippen molar-refractivity contribution in [2.24, 2.45) is 0 Å². The van der Waals surface area contributed by atoms with E-state index in [9.17, 15) is 26.4 Å². The van der Waals surface area contributed by atoms with Gasteiger partial charge in [0.2, 0.25) is 0 Å². The van der Waals surface area contributed by atoms with Crippen molar-refractivity contribution in [3.8, 4) is 0 Å². The molecule has 2 rings (SSSR count). The Balaban J connectivity index is 0.00000264. The van der Waals surface area contributed by atoms with Gasteiger partial charge in [-0.1, -0.05) is 0 Å². The molecule has 1 fully saturated rings. The molecule has 0 aromatic heterocycles. The minimum atomic E-state index is -5.81. The number of halogens is 3. The largest absolute Gasteiger partial charge is 1.00 e. The van der Waals surface area contributed by atoms with Crippen molar-refractivity contribution < 1.29 is 93.5 Å². The van der Waals surface area contributed by atoms with Gasteiger partial charge in [0.1, 0.15) is 5.76 Å². The van der Waals surface area contributed by atoms with E-state index in [0.717, 1.165) is 7.11 Å². The summed E-state index contributed by atoms with van der Waals surface area (Å²) in [5, 5.41) is 0. The Labute approximate surface area is 181 Å². The van der Waals surface area contributed by atoms with Gasteiger partial charge in [0.05, 0.1) is 12.7 Å². The Kier molecular flexibility index (Phi) is 7.33. The molecule has 0 aromatic rings. The van der Waals surface area contributed by atoms with E-state index in [-0.39, 0.29) is 76.2 Å². The van der Waals surface area contributed by atoms with E-state index in [4.69, 9.17) is 0 Å². The number of carbonyl (C=O) groups is 1. The number of esters is 1. The molecule has 0 radical (unpaired) electrons. The monoisotopic (exact) mass is 427 g/mol. The van der Waals surface area contributed by atoms with Crippen LogP contribution in [-0.4, -0.2) is 51.0 Å². The number of nitrogens with zero attached hydrogens (tertiary/aromatic N) is 1. The van der Waals surface area contributed by atoms with Gasteiger partial charge in [-0.05, 0) is 13.1 Å². The topological polar surface area (TPSA) is 72.9 Å². The summed E-state index contributed by atoms with van der Waals surface area (Å²) in [4.78, 5) is 13.7. The van der Waals surface area contributed by atoms with Crippen LogP contribution in [0.4, 0.5) is 13.2 Å². The fourth-order valence-corrected chi connectivity index (χ4v) is 3.23. The summed E-state index contributed by atoms with van der Waals surface area (Å²) in [5.74, 6) is -1.37. The number of fused-ring (bicyclic) bond motifs is 2. The molecule has 2 unspecified atom stereocenters. The Morgan fingerprint density at radius 1 is 1.35 bits per heavy atom. The fourth-order valence-electron chi connectivity index (χ4n) is 2.71. The first-order valence-corrected chi connectivity index (χ1v) is 7.85. The predicted octanol–water partition coefficient (Wildman–Crippen LogP) is -1.65. The maximum atomic E-state index is 12.5. The van der Waals surface area contributed by atoms with E-state index in [1.165, 1.54) is 0 Å². The van der Waals surface area contributed by atoms with Crippen LogP contribution in [0, 0.1) is 6.42 Å². The first-order chi connectivity index (χ1) is 10.1. The predicted molar refractivity (Wildman–Crippen MR) is 68.6 cm³/mol. The van der Waals surface area contributed by atoms with Gasteiger partial charge >= 0.3 is 79.8 Å². The Bertz CT molecular complexity index is 604. The molecule has 0 N–H and O–H groups in total. The van der Waals surface area contributed by atoms with Crippen LogP contribution in [0.15, 0.2) is 11.3 Å². The van der Waals surface area contributed by atoms with Gasteiger partial charge in [-0.25, -0.2) is 4.79 Å². The van der Waals surface area contributed by atoms with Gasteiger partial charge < -0.3 is 20.2 Å². The third kappa shape index (κ3) is 4.38. The molecule has 23 heavy (non-hydrogen) atoms. The van der Waals surface area contributed by atoms with Crippen LogP contribution in [0.2, 0.25) is 0 Å². The van der Waals surface area contributed by atoms with E-state index in [2.05, 4.69) is 8.92 Å². The van der Waals surface area contributed by atoms with Crippen molar-refractivity contribution in [3.63, 3.8) is 0 Å². The summed E-state index contributed by atoms with van der Waals surface area (Å²) in [6.45, 7) is 0. The number of hydrogen-bond acceptors (Lipinski definition) is 6. The molecule has 2 heterocycles. The first kappa shape index (κ1) is 21.6. The summed E-state index contributed by atoms with van der Waals surface area (Å²) in [7, 11) is -3.02. The standard InChI is InChI=1S/C12H15F3NO5S.Rb/c1-16-7-4-3-5-8(16)10(11(17)20-2)9(6-7)21-22(18,19)12(13,14)15;/h3,7-8H,4-6H2,1-2H3;/q-1;+1. The van der Waals surface area contributed by atoms with Crippen LogP contribution in [0.1, 0.15) is 19.3 Å². The van der Waals surface area contributed by atoms with Crippen molar-refractivity contribution in [2.45, 2.75) is 36.9 Å². The summed E-state index contributed by atoms with van der Waals surface area (Å²) >= 11 is 0. The third-order valence-electron chi connectivity index (χ3n) is 3.85. The molecule has 0 amide bonds. The van der Waals surface area contributed by atoms with Gasteiger partial charge in [-0.2, -0.15) is 34.4 Å². The van der Waals surface area contributed by atoms with Crippen LogP contribution < -0.4 is 58.2 Å². The normalized spacial score (nSPS) is 25.6. The first-order valence-electron chi connectivity index (χ1n) is 6.44. The molecule has 126 valence electrons. The fraction of sp³-hybridized carbons (Fsp3) is 0.667. The zero-order valence-electron chi connectivity index (χ0n) is 12.9. The zero-order chi connectivity index (χ0) is 16.7. The Morgan fingerprint density at radius 3 is 2.48 bits per heavy atom. The smallest absolute Gasteiger partial charge is 0.466 e. The maximum absolute atomic E-state index is 12.5. The second-order valence-corrected chi connectivity index (χ2v) is 6.65. The van der Waals surface area contributed by atoms with Gasteiger partial charge in [0, 0.05) is 12.5 Å². The number of carbonyl (C=O) groups excluding carboxylic acids is 1. The van der Waals surface area contributed by atoms with Gasteiger partial charge in [-0.15, -0.1) is 0 Å². The molecule has 0 spiro atoms. The van der Waals surface area contributed by atoms with Crippen molar-refractivity contribution in [2.75, 3.05) is 14.2 Å². The SMILES string of the molecule is COC(=O)C1=C(OS(=O)(=O)C(F)(F)F)CC2C[CH-]CC1N2C.[Rb+]. The Morgan fingerprint density at radius 2 is 1.96 bits per heavy atom. The summed E-state index contributed by atoms with van der Waals surface area (Å²) in [6, 6.07) is -0.774. The van der Waals surface area contributed by atoms with E-state index in [1.807, 2.05) is 11.3 Å². The van der Waals surface area contributed by atoms with Crippen LogP contribution in [0.25, 0.3) is 0 Å². The van der Waals surface area contributed by atoms with Gasteiger partial charge in [-0.3, -0.25) is 0 Å². The number of piperidine rings is 1. The van der Waals surface area contributed by atoms with Gasteiger partial charge in [0.15, 0.2) is 0 Å². The molecule has 0 aromatic carbocycles. The average Bonchev–Trinajstić information content (AvgIpc) is 2.38. The Hall–Kier alpha value is 0.515. The van der Waals surface area contributed by atoms with E-state index in [1.54, 1.807) is 7.05 Å². The summed E-state index contributed by atoms with van der Waals surface area (Å²) in [6.07, 6.45) is 2.77. The van der Waals surface area contributed by atoms with Crippen LogP contribution in [0.5, 0.6) is 0 Å². The molecule has 0 saturated carbocycles. The molecule has 1 saturated heterocycles. The minimum absolute atomic E-state index is 0. The molecule has 2 bridgehead atoms. The third-order valence-corrected chi connectivity index (χ3v) is 4.84. The van der Waals surface area contributed by atoms with Crippen molar-refractivity contribution >= 4 is 16.1 Å². The molecule has 2 atom stereocenters. The van der Waals surface area contributed by atoms with E-state index < -0.39 is 33.4 Å². The minimum Gasteiger partial charge on any atom is -0.466 e. The molecule has 2 aliphatic rings. The molecule has 0 aliphatic carbocycles. The molecule has 11 heteroatoms. The number of likely N-dealkylation sites (N-methyl/N-ethyl adjacent to an activating group) is 1. The van der Waals surface area contributed by atoms with E-state index >= 15 is 0 Å². The van der Waals surface area contributed by atoms with Crippen LogP contribution in [0.3, 0.4) is 0 Å². The second-order valence-electron chi connectivity index (χ2n) is 5.11. The molecule has 6 nitrogen and oxygen atoms in total. The van der Waals surface area contributed by atoms with Crippen LogP contribution >= 0.6 is 0 Å². The summed E-state index contributed by atoms with van der Waals surface area (Å²) < 4.78 is 68.8. The summed E-state index contributed by atoms with van der Waals surface area (Å²) in [5.41, 5.74) is -5.73. The average molecular weight is 428 g/mol. The molecule has 2 aliphatic heterocycles. The quantitative estimate of drug-likeness (QED) is 0.233. The molecular weight excluding hydrogens is 413 g/mol. The number of rotatable bonds is 3. The zero-order valence-corrected chi connectivity index (χ0v) is 18.6. The number of methoxy groups -OCH3 is 1. The van der Waals surface area contributed by atoms with Crippen LogP contribution in [-0.2, 0) is 23.8 Å². The number of alkyl halides is 3.